The fourth-order valence-corrected chi connectivity index (χ4v) is 2.18. The summed E-state index contributed by atoms with van der Waals surface area (Å²) in [5.74, 6) is 0.299. The Kier molecular flexibility index (Phi) is 5.20. The molecule has 0 aromatic heterocycles. The van der Waals surface area contributed by atoms with Crippen LogP contribution in [0.3, 0.4) is 0 Å². The second-order valence-electron chi connectivity index (χ2n) is 4.63. The van der Waals surface area contributed by atoms with Crippen molar-refractivity contribution in [3.05, 3.63) is 58.6 Å². The van der Waals surface area contributed by atoms with Gasteiger partial charge in [-0.05, 0) is 36.8 Å². The molecule has 0 aliphatic carbocycles. The Hall–Kier alpha value is -2.04. The zero-order valence-corrected chi connectivity index (χ0v) is 12.5. The quantitative estimate of drug-likeness (QED) is 0.892. The molecule has 0 aliphatic rings. The van der Waals surface area contributed by atoms with E-state index in [0.717, 1.165) is 11.3 Å². The molecule has 0 spiro atoms. The molecule has 3 N–H and O–H groups in total. The molecule has 110 valence electrons. The van der Waals surface area contributed by atoms with Crippen LogP contribution in [0, 0.1) is 6.92 Å². The Labute approximate surface area is 128 Å². The van der Waals surface area contributed by atoms with Gasteiger partial charge in [-0.15, -0.1) is 0 Å². The van der Waals surface area contributed by atoms with Crippen molar-refractivity contribution in [2.75, 3.05) is 11.9 Å². The van der Waals surface area contributed by atoms with E-state index in [1.54, 1.807) is 18.2 Å². The van der Waals surface area contributed by atoms with Gasteiger partial charge in [0.15, 0.2) is 6.61 Å². The number of halogens is 1. The smallest absolute Gasteiger partial charge is 0.262 e. The Morgan fingerprint density at radius 1 is 1.29 bits per heavy atom. The second kappa shape index (κ2) is 7.11. The Morgan fingerprint density at radius 3 is 2.76 bits per heavy atom. The largest absolute Gasteiger partial charge is 0.483 e. The molecule has 0 saturated heterocycles. The first kappa shape index (κ1) is 15.4. The minimum atomic E-state index is -0.233. The van der Waals surface area contributed by atoms with Crippen LogP contribution in [0.15, 0.2) is 42.5 Å². The van der Waals surface area contributed by atoms with Crippen molar-refractivity contribution in [3.63, 3.8) is 0 Å². The average molecular weight is 305 g/mol. The van der Waals surface area contributed by atoms with E-state index in [2.05, 4.69) is 5.32 Å². The topological polar surface area (TPSA) is 64.3 Å². The van der Waals surface area contributed by atoms with Crippen LogP contribution < -0.4 is 15.8 Å². The number of aryl methyl sites for hydroxylation is 1. The van der Waals surface area contributed by atoms with Gasteiger partial charge in [0, 0.05) is 22.8 Å². The third-order valence-corrected chi connectivity index (χ3v) is 3.29. The van der Waals surface area contributed by atoms with Crippen LogP contribution in [0.4, 0.5) is 5.69 Å². The third kappa shape index (κ3) is 4.21. The van der Waals surface area contributed by atoms with Crippen LogP contribution in [0.25, 0.3) is 0 Å². The van der Waals surface area contributed by atoms with E-state index in [9.17, 15) is 4.79 Å². The van der Waals surface area contributed by atoms with Gasteiger partial charge in [-0.1, -0.05) is 29.8 Å². The molecule has 0 radical (unpaired) electrons. The van der Waals surface area contributed by atoms with Crippen molar-refractivity contribution in [3.8, 4) is 5.75 Å². The number of carbonyl (C=O) groups is 1. The highest BCUT2D eigenvalue weighted by molar-refractivity contribution is 6.31. The number of ether oxygens (including phenoxy) is 1. The van der Waals surface area contributed by atoms with Crippen LogP contribution >= 0.6 is 11.6 Å². The second-order valence-corrected chi connectivity index (χ2v) is 5.03. The lowest BCUT2D eigenvalue weighted by molar-refractivity contribution is -0.118. The summed E-state index contributed by atoms with van der Waals surface area (Å²) in [6.07, 6.45) is 0. The minimum Gasteiger partial charge on any atom is -0.483 e. The fourth-order valence-electron chi connectivity index (χ4n) is 1.94. The summed E-state index contributed by atoms with van der Waals surface area (Å²) in [4.78, 5) is 11.9. The van der Waals surface area contributed by atoms with Gasteiger partial charge in [-0.25, -0.2) is 0 Å². The molecule has 21 heavy (non-hydrogen) atoms. The van der Waals surface area contributed by atoms with Gasteiger partial charge in [0.1, 0.15) is 5.75 Å². The Balaban J connectivity index is 1.97. The molecule has 2 aromatic rings. The summed E-state index contributed by atoms with van der Waals surface area (Å²) >= 11 is 6.03. The maximum Gasteiger partial charge on any atom is 0.262 e. The molecule has 0 atom stereocenters. The van der Waals surface area contributed by atoms with Crippen molar-refractivity contribution < 1.29 is 9.53 Å². The number of anilines is 1. The fraction of sp³-hybridized carbons (Fsp3) is 0.188. The summed E-state index contributed by atoms with van der Waals surface area (Å²) in [6.45, 7) is 2.13. The summed E-state index contributed by atoms with van der Waals surface area (Å²) in [5, 5.41) is 3.31. The Morgan fingerprint density at radius 2 is 2.05 bits per heavy atom. The molecule has 0 saturated carbocycles. The predicted octanol–water partition coefficient (Wildman–Crippen LogP) is 3.12. The van der Waals surface area contributed by atoms with Crippen molar-refractivity contribution >= 4 is 23.2 Å². The summed E-state index contributed by atoms with van der Waals surface area (Å²) in [6, 6.07) is 12.8. The molecular formula is C16H17ClN2O2. The zero-order chi connectivity index (χ0) is 15.2. The van der Waals surface area contributed by atoms with Gasteiger partial charge in [-0.3, -0.25) is 4.79 Å². The minimum absolute atomic E-state index is 0.0959. The van der Waals surface area contributed by atoms with Gasteiger partial charge >= 0.3 is 0 Å². The maximum absolute atomic E-state index is 11.9. The summed E-state index contributed by atoms with van der Waals surface area (Å²) < 4.78 is 5.50. The first-order chi connectivity index (χ1) is 10.1. The lowest BCUT2D eigenvalue weighted by Gasteiger charge is -2.12. The lowest BCUT2D eigenvalue weighted by Crippen LogP contribution is -2.20. The molecule has 2 rings (SSSR count). The monoisotopic (exact) mass is 304 g/mol. The Bertz CT molecular complexity index is 644. The van der Waals surface area contributed by atoms with Crippen molar-refractivity contribution in [1.29, 1.82) is 0 Å². The number of nitrogens with two attached hydrogens (primary N) is 1. The van der Waals surface area contributed by atoms with Crippen LogP contribution in [-0.2, 0) is 11.3 Å². The van der Waals surface area contributed by atoms with Gasteiger partial charge in [0.25, 0.3) is 5.91 Å². The molecule has 5 heteroatoms. The van der Waals surface area contributed by atoms with E-state index in [-0.39, 0.29) is 19.1 Å². The summed E-state index contributed by atoms with van der Waals surface area (Å²) in [7, 11) is 0. The van der Waals surface area contributed by atoms with E-state index in [1.165, 1.54) is 0 Å². The number of rotatable bonds is 5. The van der Waals surface area contributed by atoms with Gasteiger partial charge in [0.2, 0.25) is 0 Å². The van der Waals surface area contributed by atoms with E-state index in [4.69, 9.17) is 22.1 Å². The number of carbonyl (C=O) groups excluding carboxylic acids is 1. The van der Waals surface area contributed by atoms with E-state index in [1.807, 2.05) is 31.2 Å². The van der Waals surface area contributed by atoms with Crippen LogP contribution in [-0.4, -0.2) is 12.5 Å². The van der Waals surface area contributed by atoms with Gasteiger partial charge in [-0.2, -0.15) is 0 Å². The lowest BCUT2D eigenvalue weighted by atomic mass is 10.2. The van der Waals surface area contributed by atoms with E-state index >= 15 is 0 Å². The SMILES string of the molecule is Cc1cccc(NC(=O)COc2cccc(Cl)c2CN)c1. The average Bonchev–Trinajstić information content (AvgIpc) is 2.45. The van der Waals surface area contributed by atoms with Crippen LogP contribution in [0.2, 0.25) is 5.02 Å². The molecule has 0 aliphatic heterocycles. The van der Waals surface area contributed by atoms with Crippen LogP contribution in [0.1, 0.15) is 11.1 Å². The number of hydrogen-bond donors (Lipinski definition) is 2. The summed E-state index contributed by atoms with van der Waals surface area (Å²) in [5.41, 5.74) is 8.15. The molecule has 4 nitrogen and oxygen atoms in total. The molecule has 0 heterocycles. The first-order valence-electron chi connectivity index (χ1n) is 6.57. The first-order valence-corrected chi connectivity index (χ1v) is 6.94. The molecule has 0 fully saturated rings. The van der Waals surface area contributed by atoms with Crippen molar-refractivity contribution in [2.45, 2.75) is 13.5 Å². The van der Waals surface area contributed by atoms with Crippen molar-refractivity contribution in [1.82, 2.24) is 0 Å². The molecule has 0 bridgehead atoms. The number of hydrogen-bond acceptors (Lipinski definition) is 3. The van der Waals surface area contributed by atoms with Gasteiger partial charge in [0.05, 0.1) is 0 Å². The van der Waals surface area contributed by atoms with E-state index in [0.29, 0.717) is 16.3 Å². The highest BCUT2D eigenvalue weighted by Crippen LogP contribution is 2.25. The number of benzene rings is 2. The number of amides is 1. The number of nitrogens with one attached hydrogen (secondary N) is 1. The molecular weight excluding hydrogens is 288 g/mol. The predicted molar refractivity (Wildman–Crippen MR) is 84.6 cm³/mol. The normalized spacial score (nSPS) is 10.2. The maximum atomic E-state index is 11.9. The molecule has 0 unspecified atom stereocenters. The highest BCUT2D eigenvalue weighted by Gasteiger charge is 2.09. The van der Waals surface area contributed by atoms with Crippen LogP contribution in [0.5, 0.6) is 5.75 Å². The van der Waals surface area contributed by atoms with E-state index < -0.39 is 0 Å². The van der Waals surface area contributed by atoms with Crippen molar-refractivity contribution in [2.24, 2.45) is 5.73 Å². The van der Waals surface area contributed by atoms with Gasteiger partial charge < -0.3 is 15.8 Å². The third-order valence-electron chi connectivity index (χ3n) is 2.94. The highest BCUT2D eigenvalue weighted by atomic mass is 35.5. The molecule has 2 aromatic carbocycles. The molecule has 1 amide bonds. The standard InChI is InChI=1S/C16H17ClN2O2/c1-11-4-2-5-12(8-11)19-16(20)10-21-15-7-3-6-14(17)13(15)9-18/h2-8H,9-10,18H2,1H3,(H,19,20). The zero-order valence-electron chi connectivity index (χ0n) is 11.7.